The highest BCUT2D eigenvalue weighted by Crippen LogP contribution is 2.22. The van der Waals surface area contributed by atoms with Gasteiger partial charge in [-0.2, -0.15) is 0 Å². The van der Waals surface area contributed by atoms with Crippen molar-refractivity contribution in [3.63, 3.8) is 0 Å². The first-order chi connectivity index (χ1) is 11.4. The number of carbonyl (C=O) groups is 2. The number of hydrogen-bond acceptors (Lipinski definition) is 3. The molecule has 1 aliphatic rings. The summed E-state index contributed by atoms with van der Waals surface area (Å²) in [5, 5.41) is 2.93. The first-order valence-electron chi connectivity index (χ1n) is 8.76. The van der Waals surface area contributed by atoms with E-state index < -0.39 is 5.41 Å². The molecule has 0 spiro atoms. The maximum absolute atomic E-state index is 12.8. The van der Waals surface area contributed by atoms with E-state index in [1.54, 1.807) is 13.8 Å². The lowest BCUT2D eigenvalue weighted by Crippen LogP contribution is -2.56. The molecule has 1 unspecified atom stereocenters. The van der Waals surface area contributed by atoms with E-state index in [0.29, 0.717) is 13.1 Å². The van der Waals surface area contributed by atoms with Crippen molar-refractivity contribution in [2.75, 3.05) is 31.1 Å². The molecule has 132 valence electrons. The van der Waals surface area contributed by atoms with E-state index in [1.165, 1.54) is 5.69 Å². The maximum Gasteiger partial charge on any atom is 0.237 e. The van der Waals surface area contributed by atoms with E-state index in [-0.39, 0.29) is 17.9 Å². The first-order valence-corrected chi connectivity index (χ1v) is 8.76. The number of rotatable bonds is 5. The second-order valence-corrected chi connectivity index (χ2v) is 7.02. The Kier molecular flexibility index (Phi) is 5.86. The number of nitrogens with zero attached hydrogens (tertiary/aromatic N) is 2. The monoisotopic (exact) mass is 331 g/mol. The molecule has 1 saturated heterocycles. The number of carbonyl (C=O) groups excluding carboxylic acids is 2. The van der Waals surface area contributed by atoms with Crippen molar-refractivity contribution in [1.29, 1.82) is 0 Å². The minimum atomic E-state index is -1.03. The quantitative estimate of drug-likeness (QED) is 0.842. The van der Waals surface area contributed by atoms with Crippen molar-refractivity contribution in [2.24, 2.45) is 5.41 Å². The number of para-hydroxylation sites is 1. The van der Waals surface area contributed by atoms with Crippen LogP contribution < -0.4 is 10.2 Å². The Balaban J connectivity index is 1.95. The number of piperazine rings is 1. The van der Waals surface area contributed by atoms with Crippen LogP contribution in [0.5, 0.6) is 0 Å². The van der Waals surface area contributed by atoms with Gasteiger partial charge in [0.25, 0.3) is 0 Å². The highest BCUT2D eigenvalue weighted by molar-refractivity contribution is 6.04. The molecule has 1 N–H and O–H groups in total. The van der Waals surface area contributed by atoms with Gasteiger partial charge >= 0.3 is 0 Å². The van der Waals surface area contributed by atoms with E-state index >= 15 is 0 Å². The van der Waals surface area contributed by atoms with Crippen LogP contribution >= 0.6 is 0 Å². The fraction of sp³-hybridized carbons (Fsp3) is 0.579. The van der Waals surface area contributed by atoms with E-state index in [0.717, 1.165) is 19.5 Å². The lowest BCUT2D eigenvalue weighted by Gasteiger charge is -2.39. The van der Waals surface area contributed by atoms with Crippen molar-refractivity contribution in [3.05, 3.63) is 30.3 Å². The van der Waals surface area contributed by atoms with E-state index in [2.05, 4.69) is 22.3 Å². The molecule has 1 aliphatic heterocycles. The SMILES string of the molecule is CCC(C)NC(=O)C(C)(C)C(=O)N1CCN(c2ccccc2)CC1. The van der Waals surface area contributed by atoms with Crippen molar-refractivity contribution in [2.45, 2.75) is 40.2 Å². The van der Waals surface area contributed by atoms with Crippen LogP contribution in [0.2, 0.25) is 0 Å². The Morgan fingerprint density at radius 3 is 2.25 bits per heavy atom. The van der Waals surface area contributed by atoms with Crippen LogP contribution in [-0.2, 0) is 9.59 Å². The van der Waals surface area contributed by atoms with Gasteiger partial charge in [0, 0.05) is 37.9 Å². The summed E-state index contributed by atoms with van der Waals surface area (Å²) < 4.78 is 0. The van der Waals surface area contributed by atoms with Crippen LogP contribution in [0, 0.1) is 5.41 Å². The Morgan fingerprint density at radius 1 is 1.12 bits per heavy atom. The van der Waals surface area contributed by atoms with Gasteiger partial charge < -0.3 is 15.1 Å². The third kappa shape index (κ3) is 4.08. The number of nitrogens with one attached hydrogen (secondary N) is 1. The van der Waals surface area contributed by atoms with Gasteiger partial charge in [-0.15, -0.1) is 0 Å². The first kappa shape index (κ1) is 18.3. The normalized spacial score (nSPS) is 16.7. The van der Waals surface area contributed by atoms with Crippen LogP contribution in [0.1, 0.15) is 34.1 Å². The molecule has 1 heterocycles. The average molecular weight is 331 g/mol. The third-order valence-corrected chi connectivity index (χ3v) is 4.78. The summed E-state index contributed by atoms with van der Waals surface area (Å²) in [6, 6.07) is 10.3. The molecule has 0 aromatic heterocycles. The molecule has 1 aromatic carbocycles. The van der Waals surface area contributed by atoms with Crippen LogP contribution in [0.15, 0.2) is 30.3 Å². The van der Waals surface area contributed by atoms with Crippen LogP contribution in [0.25, 0.3) is 0 Å². The maximum atomic E-state index is 12.8. The van der Waals surface area contributed by atoms with Crippen LogP contribution in [0.3, 0.4) is 0 Å². The topological polar surface area (TPSA) is 52.7 Å². The number of hydrogen-bond donors (Lipinski definition) is 1. The lowest BCUT2D eigenvalue weighted by molar-refractivity contribution is -0.149. The van der Waals surface area contributed by atoms with Crippen molar-refractivity contribution in [1.82, 2.24) is 10.2 Å². The molecule has 0 bridgehead atoms. The van der Waals surface area contributed by atoms with Gasteiger partial charge in [0.15, 0.2) is 0 Å². The largest absolute Gasteiger partial charge is 0.368 e. The number of anilines is 1. The third-order valence-electron chi connectivity index (χ3n) is 4.78. The summed E-state index contributed by atoms with van der Waals surface area (Å²) in [7, 11) is 0. The molecule has 1 atom stereocenters. The molecule has 24 heavy (non-hydrogen) atoms. The zero-order valence-corrected chi connectivity index (χ0v) is 15.2. The fourth-order valence-corrected chi connectivity index (χ4v) is 2.81. The zero-order chi connectivity index (χ0) is 17.7. The Hall–Kier alpha value is -2.04. The summed E-state index contributed by atoms with van der Waals surface area (Å²) >= 11 is 0. The minimum absolute atomic E-state index is 0.0829. The summed E-state index contributed by atoms with van der Waals surface area (Å²) in [4.78, 5) is 29.3. The van der Waals surface area contributed by atoms with Gasteiger partial charge in [-0.25, -0.2) is 0 Å². The standard InChI is InChI=1S/C19H29N3O2/c1-5-15(2)20-17(23)19(3,4)18(24)22-13-11-21(12-14-22)16-9-7-6-8-10-16/h6-10,15H,5,11-14H2,1-4H3,(H,20,23). The molecular weight excluding hydrogens is 302 g/mol. The Bertz CT molecular complexity index is 563. The highest BCUT2D eigenvalue weighted by atomic mass is 16.2. The van der Waals surface area contributed by atoms with E-state index in [1.807, 2.05) is 36.9 Å². The molecular formula is C19H29N3O2. The van der Waals surface area contributed by atoms with Gasteiger partial charge in [-0.3, -0.25) is 9.59 Å². The molecule has 0 saturated carbocycles. The number of benzene rings is 1. The van der Waals surface area contributed by atoms with Gasteiger partial charge in [0.1, 0.15) is 5.41 Å². The summed E-state index contributed by atoms with van der Waals surface area (Å²) in [6.45, 7) is 10.3. The van der Waals surface area contributed by atoms with Gasteiger partial charge in [-0.05, 0) is 39.3 Å². The molecule has 2 rings (SSSR count). The van der Waals surface area contributed by atoms with Gasteiger partial charge in [0.2, 0.25) is 11.8 Å². The summed E-state index contributed by atoms with van der Waals surface area (Å²) in [5.41, 5.74) is 0.150. The second-order valence-electron chi connectivity index (χ2n) is 7.02. The Labute approximate surface area is 145 Å². The molecule has 1 fully saturated rings. The van der Waals surface area contributed by atoms with Crippen LogP contribution in [-0.4, -0.2) is 48.9 Å². The van der Waals surface area contributed by atoms with Gasteiger partial charge in [-0.1, -0.05) is 25.1 Å². The predicted molar refractivity (Wildman–Crippen MR) is 96.9 cm³/mol. The molecule has 0 aliphatic carbocycles. The average Bonchev–Trinajstić information content (AvgIpc) is 2.61. The van der Waals surface area contributed by atoms with Gasteiger partial charge in [0.05, 0.1) is 0 Å². The summed E-state index contributed by atoms with van der Waals surface area (Å²) in [5.74, 6) is -0.275. The predicted octanol–water partition coefficient (Wildman–Crippen LogP) is 2.28. The van der Waals surface area contributed by atoms with Crippen molar-refractivity contribution < 1.29 is 9.59 Å². The molecule has 0 radical (unpaired) electrons. The molecule has 2 amide bonds. The molecule has 1 aromatic rings. The van der Waals surface area contributed by atoms with Crippen molar-refractivity contribution >= 4 is 17.5 Å². The second kappa shape index (κ2) is 7.69. The number of amides is 2. The molecule has 5 nitrogen and oxygen atoms in total. The fourth-order valence-electron chi connectivity index (χ4n) is 2.81. The van der Waals surface area contributed by atoms with E-state index in [4.69, 9.17) is 0 Å². The molecule has 5 heteroatoms. The van der Waals surface area contributed by atoms with E-state index in [9.17, 15) is 9.59 Å². The zero-order valence-electron chi connectivity index (χ0n) is 15.2. The van der Waals surface area contributed by atoms with Crippen LogP contribution in [0.4, 0.5) is 5.69 Å². The highest BCUT2D eigenvalue weighted by Gasteiger charge is 2.40. The Morgan fingerprint density at radius 2 is 1.71 bits per heavy atom. The van der Waals surface area contributed by atoms with Crippen molar-refractivity contribution in [3.8, 4) is 0 Å². The lowest BCUT2D eigenvalue weighted by atomic mass is 9.89. The smallest absolute Gasteiger partial charge is 0.237 e. The summed E-state index contributed by atoms with van der Waals surface area (Å²) in [6.07, 6.45) is 0.853. The minimum Gasteiger partial charge on any atom is -0.368 e.